The highest BCUT2D eigenvalue weighted by atomic mass is 16.5. The SMILES string of the molecule is Cn1c(C(=O)N2CCNCC2)cc2ccc(Oc3ccc(N)cn3)cc21. The van der Waals surface area contributed by atoms with E-state index in [0.717, 1.165) is 37.1 Å². The summed E-state index contributed by atoms with van der Waals surface area (Å²) < 4.78 is 7.72. The molecule has 1 saturated heterocycles. The molecule has 134 valence electrons. The molecule has 2 aromatic heterocycles. The molecule has 1 amide bonds. The predicted molar refractivity (Wildman–Crippen MR) is 100 cm³/mol. The van der Waals surface area contributed by atoms with E-state index >= 15 is 0 Å². The molecular weight excluding hydrogens is 330 g/mol. The molecule has 1 aliphatic rings. The van der Waals surface area contributed by atoms with Crippen molar-refractivity contribution in [2.24, 2.45) is 7.05 Å². The van der Waals surface area contributed by atoms with Gasteiger partial charge in [0, 0.05) is 50.7 Å². The van der Waals surface area contributed by atoms with Crippen molar-refractivity contribution in [2.45, 2.75) is 0 Å². The number of anilines is 1. The van der Waals surface area contributed by atoms with Crippen LogP contribution in [-0.2, 0) is 7.05 Å². The second-order valence-electron chi connectivity index (χ2n) is 6.38. The van der Waals surface area contributed by atoms with Crippen molar-refractivity contribution in [3.05, 3.63) is 48.3 Å². The van der Waals surface area contributed by atoms with Crippen LogP contribution in [0.25, 0.3) is 10.9 Å². The van der Waals surface area contributed by atoms with Crippen LogP contribution in [0.4, 0.5) is 5.69 Å². The van der Waals surface area contributed by atoms with Gasteiger partial charge >= 0.3 is 0 Å². The Morgan fingerprint density at radius 1 is 1.19 bits per heavy atom. The normalized spacial score (nSPS) is 14.6. The number of nitrogens with one attached hydrogen (secondary N) is 1. The Labute approximate surface area is 151 Å². The number of aryl methyl sites for hydroxylation is 1. The van der Waals surface area contributed by atoms with Gasteiger partial charge in [-0.25, -0.2) is 4.98 Å². The Balaban J connectivity index is 1.62. The fourth-order valence-corrected chi connectivity index (χ4v) is 3.18. The van der Waals surface area contributed by atoms with Gasteiger partial charge in [-0.2, -0.15) is 0 Å². The number of carbonyl (C=O) groups excluding carboxylic acids is 1. The van der Waals surface area contributed by atoms with Crippen molar-refractivity contribution < 1.29 is 9.53 Å². The number of carbonyl (C=O) groups is 1. The third-order valence-corrected chi connectivity index (χ3v) is 4.62. The zero-order valence-electron chi connectivity index (χ0n) is 14.6. The van der Waals surface area contributed by atoms with Crippen LogP contribution in [0.15, 0.2) is 42.6 Å². The lowest BCUT2D eigenvalue weighted by molar-refractivity contribution is 0.0726. The van der Waals surface area contributed by atoms with Gasteiger partial charge in [0.1, 0.15) is 11.4 Å². The standard InChI is InChI=1S/C19H21N5O2/c1-23-16-11-15(26-18-5-3-14(20)12-22-18)4-2-13(16)10-17(23)19(25)24-8-6-21-7-9-24/h2-5,10-12,21H,6-9,20H2,1H3. The monoisotopic (exact) mass is 351 g/mol. The summed E-state index contributed by atoms with van der Waals surface area (Å²) in [5, 5.41) is 4.27. The highest BCUT2D eigenvalue weighted by Crippen LogP contribution is 2.27. The summed E-state index contributed by atoms with van der Waals surface area (Å²) >= 11 is 0. The van der Waals surface area contributed by atoms with Gasteiger partial charge in [0.05, 0.1) is 17.4 Å². The Morgan fingerprint density at radius 3 is 2.73 bits per heavy atom. The van der Waals surface area contributed by atoms with Gasteiger partial charge < -0.3 is 25.3 Å². The topological polar surface area (TPSA) is 85.4 Å². The fourth-order valence-electron chi connectivity index (χ4n) is 3.18. The molecule has 0 aliphatic carbocycles. The molecule has 3 N–H and O–H groups in total. The van der Waals surface area contributed by atoms with Crippen molar-refractivity contribution in [1.29, 1.82) is 0 Å². The minimum Gasteiger partial charge on any atom is -0.439 e. The maximum atomic E-state index is 12.8. The first-order chi connectivity index (χ1) is 12.6. The minimum atomic E-state index is 0.0628. The Morgan fingerprint density at radius 2 is 2.00 bits per heavy atom. The molecular formula is C19H21N5O2. The van der Waals surface area contributed by atoms with Crippen molar-refractivity contribution in [1.82, 2.24) is 19.8 Å². The van der Waals surface area contributed by atoms with E-state index in [0.29, 0.717) is 23.0 Å². The molecule has 0 unspecified atom stereocenters. The first-order valence-electron chi connectivity index (χ1n) is 8.61. The average Bonchev–Trinajstić information content (AvgIpc) is 3.00. The Hall–Kier alpha value is -3.06. The molecule has 0 bridgehead atoms. The number of amides is 1. The molecule has 3 heterocycles. The number of aromatic nitrogens is 2. The van der Waals surface area contributed by atoms with Crippen LogP contribution in [0.3, 0.4) is 0 Å². The highest BCUT2D eigenvalue weighted by molar-refractivity contribution is 5.99. The van der Waals surface area contributed by atoms with Gasteiger partial charge in [0.15, 0.2) is 0 Å². The van der Waals surface area contributed by atoms with Gasteiger partial charge in [-0.1, -0.05) is 0 Å². The second kappa shape index (κ2) is 6.68. The minimum absolute atomic E-state index is 0.0628. The van der Waals surface area contributed by atoms with E-state index in [1.54, 1.807) is 18.3 Å². The number of benzene rings is 1. The van der Waals surface area contributed by atoms with Crippen molar-refractivity contribution in [3.8, 4) is 11.6 Å². The van der Waals surface area contributed by atoms with E-state index in [1.807, 2.05) is 40.8 Å². The van der Waals surface area contributed by atoms with Crippen LogP contribution in [0.5, 0.6) is 11.6 Å². The molecule has 7 heteroatoms. The number of nitrogens with zero attached hydrogens (tertiary/aromatic N) is 3. The lowest BCUT2D eigenvalue weighted by Crippen LogP contribution is -2.46. The first-order valence-corrected chi connectivity index (χ1v) is 8.61. The number of hydrogen-bond acceptors (Lipinski definition) is 5. The summed E-state index contributed by atoms with van der Waals surface area (Å²) in [5.41, 5.74) is 7.86. The number of pyridine rings is 1. The number of fused-ring (bicyclic) bond motifs is 1. The van der Waals surface area contributed by atoms with E-state index in [2.05, 4.69) is 10.3 Å². The number of hydrogen-bond donors (Lipinski definition) is 2. The average molecular weight is 351 g/mol. The van der Waals surface area contributed by atoms with Gasteiger partial charge in [-0.3, -0.25) is 4.79 Å². The van der Waals surface area contributed by atoms with Gasteiger partial charge in [-0.05, 0) is 24.3 Å². The van der Waals surface area contributed by atoms with E-state index in [1.165, 1.54) is 0 Å². The molecule has 3 aromatic rings. The molecule has 1 aromatic carbocycles. The molecule has 0 atom stereocenters. The lowest BCUT2D eigenvalue weighted by Gasteiger charge is -2.27. The first kappa shape index (κ1) is 16.4. The van der Waals surface area contributed by atoms with Crippen LogP contribution < -0.4 is 15.8 Å². The number of ether oxygens (including phenoxy) is 1. The molecule has 0 saturated carbocycles. The van der Waals surface area contributed by atoms with E-state index in [-0.39, 0.29) is 5.91 Å². The summed E-state index contributed by atoms with van der Waals surface area (Å²) in [6, 6.07) is 11.2. The lowest BCUT2D eigenvalue weighted by atomic mass is 10.2. The van der Waals surface area contributed by atoms with E-state index in [4.69, 9.17) is 10.5 Å². The molecule has 1 fully saturated rings. The third-order valence-electron chi connectivity index (χ3n) is 4.62. The molecule has 7 nitrogen and oxygen atoms in total. The highest BCUT2D eigenvalue weighted by Gasteiger charge is 2.21. The van der Waals surface area contributed by atoms with Crippen molar-refractivity contribution >= 4 is 22.5 Å². The smallest absolute Gasteiger partial charge is 0.270 e. The number of rotatable bonds is 3. The zero-order chi connectivity index (χ0) is 18.1. The van der Waals surface area contributed by atoms with Crippen molar-refractivity contribution in [3.63, 3.8) is 0 Å². The quantitative estimate of drug-likeness (QED) is 0.754. The van der Waals surface area contributed by atoms with Crippen LogP contribution >= 0.6 is 0 Å². The van der Waals surface area contributed by atoms with Crippen LogP contribution in [0, 0.1) is 0 Å². The molecule has 0 spiro atoms. The Bertz CT molecular complexity index is 942. The molecule has 4 rings (SSSR count). The summed E-state index contributed by atoms with van der Waals surface area (Å²) in [6.45, 7) is 3.14. The van der Waals surface area contributed by atoms with Gasteiger partial charge in [0.2, 0.25) is 5.88 Å². The molecule has 0 radical (unpaired) electrons. The third kappa shape index (κ3) is 3.09. The summed E-state index contributed by atoms with van der Waals surface area (Å²) in [5.74, 6) is 1.20. The second-order valence-corrected chi connectivity index (χ2v) is 6.38. The number of piperazine rings is 1. The summed E-state index contributed by atoms with van der Waals surface area (Å²) in [7, 11) is 1.91. The van der Waals surface area contributed by atoms with Gasteiger partial charge in [-0.15, -0.1) is 0 Å². The fraction of sp³-hybridized carbons (Fsp3) is 0.263. The number of nitrogen functional groups attached to an aromatic ring is 1. The summed E-state index contributed by atoms with van der Waals surface area (Å²) in [6.07, 6.45) is 1.56. The maximum Gasteiger partial charge on any atom is 0.270 e. The summed E-state index contributed by atoms with van der Waals surface area (Å²) in [4.78, 5) is 18.9. The van der Waals surface area contributed by atoms with E-state index in [9.17, 15) is 4.79 Å². The van der Waals surface area contributed by atoms with Crippen LogP contribution in [-0.4, -0.2) is 46.5 Å². The predicted octanol–water partition coefficient (Wildman–Crippen LogP) is 1.99. The molecule has 26 heavy (non-hydrogen) atoms. The molecule has 1 aliphatic heterocycles. The van der Waals surface area contributed by atoms with E-state index < -0.39 is 0 Å². The van der Waals surface area contributed by atoms with Crippen LogP contribution in [0.2, 0.25) is 0 Å². The van der Waals surface area contributed by atoms with Gasteiger partial charge in [0.25, 0.3) is 5.91 Å². The zero-order valence-corrected chi connectivity index (χ0v) is 14.6. The largest absolute Gasteiger partial charge is 0.439 e. The maximum absolute atomic E-state index is 12.8. The van der Waals surface area contributed by atoms with Crippen molar-refractivity contribution in [2.75, 3.05) is 31.9 Å². The van der Waals surface area contributed by atoms with Crippen LogP contribution in [0.1, 0.15) is 10.5 Å². The Kier molecular flexibility index (Phi) is 4.22. The number of nitrogens with two attached hydrogens (primary N) is 1.